The summed E-state index contributed by atoms with van der Waals surface area (Å²) in [7, 11) is 0. The van der Waals surface area contributed by atoms with Crippen LogP contribution in [0, 0.1) is 0 Å². The highest BCUT2D eigenvalue weighted by Crippen LogP contribution is 2.38. The van der Waals surface area contributed by atoms with E-state index in [1.165, 1.54) is 0 Å². The fourth-order valence-corrected chi connectivity index (χ4v) is 3.15. The number of hydrogen-bond donors (Lipinski definition) is 0. The SMILES string of the molecule is CCOC(=O)C(F)Oc1c(Br)cc(Br)c2ccc(Cl)nc12. The molecular formula is C13H9Br2ClFNO3. The van der Waals surface area contributed by atoms with Crippen LogP contribution in [-0.2, 0) is 9.53 Å². The van der Waals surface area contributed by atoms with Gasteiger partial charge in [-0.05, 0) is 41.1 Å². The first-order chi connectivity index (χ1) is 9.93. The summed E-state index contributed by atoms with van der Waals surface area (Å²) in [5.74, 6) is -1.02. The van der Waals surface area contributed by atoms with Gasteiger partial charge in [0, 0.05) is 9.86 Å². The predicted octanol–water partition coefficient (Wildman–Crippen LogP) is 4.65. The van der Waals surface area contributed by atoms with Crippen LogP contribution in [0.5, 0.6) is 5.75 Å². The third-order valence-corrected chi connectivity index (χ3v) is 3.95. The van der Waals surface area contributed by atoms with Crippen molar-refractivity contribution in [2.45, 2.75) is 13.3 Å². The molecule has 1 atom stereocenters. The second-order valence-corrected chi connectivity index (χ2v) is 5.98. The molecule has 1 heterocycles. The maximum Gasteiger partial charge on any atom is 0.381 e. The second kappa shape index (κ2) is 6.89. The van der Waals surface area contributed by atoms with Gasteiger partial charge in [-0.2, -0.15) is 4.39 Å². The van der Waals surface area contributed by atoms with E-state index < -0.39 is 12.3 Å². The molecule has 0 fully saturated rings. The molecule has 1 aromatic carbocycles. The fraction of sp³-hybridized carbons (Fsp3) is 0.231. The highest BCUT2D eigenvalue weighted by molar-refractivity contribution is 9.11. The van der Waals surface area contributed by atoms with E-state index in [2.05, 4.69) is 41.6 Å². The van der Waals surface area contributed by atoms with Crippen molar-refractivity contribution >= 4 is 60.3 Å². The molecule has 0 aliphatic carbocycles. The molecule has 2 rings (SSSR count). The zero-order chi connectivity index (χ0) is 15.6. The van der Waals surface area contributed by atoms with Crippen molar-refractivity contribution in [3.8, 4) is 5.75 Å². The van der Waals surface area contributed by atoms with E-state index in [1.807, 2.05) is 0 Å². The molecule has 1 aromatic heterocycles. The Kier molecular flexibility index (Phi) is 5.40. The largest absolute Gasteiger partial charge is 0.461 e. The van der Waals surface area contributed by atoms with Crippen molar-refractivity contribution in [1.29, 1.82) is 0 Å². The van der Waals surface area contributed by atoms with E-state index in [1.54, 1.807) is 25.1 Å². The summed E-state index contributed by atoms with van der Waals surface area (Å²) in [5, 5.41) is 0.901. The van der Waals surface area contributed by atoms with Crippen molar-refractivity contribution in [2.24, 2.45) is 0 Å². The number of benzene rings is 1. The lowest BCUT2D eigenvalue weighted by molar-refractivity contribution is -0.159. The standard InChI is InChI=1S/C13H9Br2ClFNO3/c1-2-20-13(19)12(17)21-11-8(15)5-7(14)6-3-4-9(16)18-10(6)11/h3-5,12H,2H2,1H3. The first-order valence-electron chi connectivity index (χ1n) is 5.85. The first kappa shape index (κ1) is 16.5. The number of ether oxygens (including phenoxy) is 2. The number of rotatable bonds is 4. The molecule has 0 aliphatic heterocycles. The Hall–Kier alpha value is -0.920. The molecule has 21 heavy (non-hydrogen) atoms. The Bertz CT molecular complexity index is 699. The van der Waals surface area contributed by atoms with Gasteiger partial charge in [0.2, 0.25) is 0 Å². The third-order valence-electron chi connectivity index (χ3n) is 2.50. The van der Waals surface area contributed by atoms with E-state index in [9.17, 15) is 9.18 Å². The highest BCUT2D eigenvalue weighted by atomic mass is 79.9. The second-order valence-electron chi connectivity index (χ2n) is 3.89. The van der Waals surface area contributed by atoms with Gasteiger partial charge in [0.25, 0.3) is 0 Å². The number of hydrogen-bond acceptors (Lipinski definition) is 4. The maximum absolute atomic E-state index is 13.8. The summed E-state index contributed by atoms with van der Waals surface area (Å²) in [5.41, 5.74) is 0.329. The van der Waals surface area contributed by atoms with Gasteiger partial charge in [-0.3, -0.25) is 0 Å². The van der Waals surface area contributed by atoms with E-state index in [-0.39, 0.29) is 17.5 Å². The van der Waals surface area contributed by atoms with Gasteiger partial charge in [0.05, 0.1) is 11.1 Å². The molecule has 0 aliphatic rings. The minimum Gasteiger partial charge on any atom is -0.461 e. The highest BCUT2D eigenvalue weighted by Gasteiger charge is 2.24. The summed E-state index contributed by atoms with van der Waals surface area (Å²) in [6, 6.07) is 4.99. The van der Waals surface area contributed by atoms with Gasteiger partial charge < -0.3 is 9.47 Å². The van der Waals surface area contributed by atoms with Gasteiger partial charge in [0.1, 0.15) is 10.7 Å². The molecule has 8 heteroatoms. The average molecular weight is 441 g/mol. The molecule has 0 radical (unpaired) electrons. The van der Waals surface area contributed by atoms with Crippen LogP contribution in [0.3, 0.4) is 0 Å². The quantitative estimate of drug-likeness (QED) is 0.512. The molecule has 0 saturated carbocycles. The van der Waals surface area contributed by atoms with Crippen LogP contribution in [0.1, 0.15) is 6.92 Å². The molecule has 0 N–H and O–H groups in total. The summed E-state index contributed by atoms with van der Waals surface area (Å²) in [4.78, 5) is 15.5. The van der Waals surface area contributed by atoms with Crippen molar-refractivity contribution in [3.63, 3.8) is 0 Å². The molecular weight excluding hydrogens is 432 g/mol. The van der Waals surface area contributed by atoms with Crippen LogP contribution in [0.15, 0.2) is 27.1 Å². The number of pyridine rings is 1. The predicted molar refractivity (Wildman–Crippen MR) is 84.3 cm³/mol. The molecule has 4 nitrogen and oxygen atoms in total. The zero-order valence-corrected chi connectivity index (χ0v) is 14.6. The monoisotopic (exact) mass is 439 g/mol. The number of nitrogens with zero attached hydrogens (tertiary/aromatic N) is 1. The number of alkyl halides is 1. The molecule has 0 saturated heterocycles. The Morgan fingerprint density at radius 2 is 2.14 bits per heavy atom. The minimum absolute atomic E-state index is 0.0644. The van der Waals surface area contributed by atoms with Crippen LogP contribution < -0.4 is 4.74 Å². The van der Waals surface area contributed by atoms with Crippen LogP contribution in [0.2, 0.25) is 5.15 Å². The van der Waals surface area contributed by atoms with Crippen LogP contribution in [0.4, 0.5) is 4.39 Å². The number of esters is 1. The number of halogens is 4. The van der Waals surface area contributed by atoms with E-state index in [4.69, 9.17) is 16.3 Å². The maximum atomic E-state index is 13.8. The lowest BCUT2D eigenvalue weighted by Crippen LogP contribution is -2.25. The van der Waals surface area contributed by atoms with E-state index in [0.717, 1.165) is 4.47 Å². The topological polar surface area (TPSA) is 48.4 Å². The van der Waals surface area contributed by atoms with Crippen LogP contribution in [0.25, 0.3) is 10.9 Å². The van der Waals surface area contributed by atoms with Gasteiger partial charge in [-0.1, -0.05) is 27.5 Å². The number of carbonyl (C=O) groups is 1. The first-order valence-corrected chi connectivity index (χ1v) is 7.82. The van der Waals surface area contributed by atoms with Gasteiger partial charge in [-0.15, -0.1) is 0 Å². The van der Waals surface area contributed by atoms with Crippen molar-refractivity contribution in [1.82, 2.24) is 4.98 Å². The van der Waals surface area contributed by atoms with Crippen LogP contribution >= 0.6 is 43.5 Å². The van der Waals surface area contributed by atoms with Crippen LogP contribution in [-0.4, -0.2) is 23.9 Å². The van der Waals surface area contributed by atoms with E-state index in [0.29, 0.717) is 15.4 Å². The van der Waals surface area contributed by atoms with Gasteiger partial charge >= 0.3 is 12.3 Å². The normalized spacial score (nSPS) is 12.2. The van der Waals surface area contributed by atoms with E-state index >= 15 is 0 Å². The Morgan fingerprint density at radius 3 is 2.81 bits per heavy atom. The summed E-state index contributed by atoms with van der Waals surface area (Å²) in [6.07, 6.45) is -2.24. The van der Waals surface area contributed by atoms with Gasteiger partial charge in [0.15, 0.2) is 5.75 Å². The Morgan fingerprint density at radius 1 is 1.43 bits per heavy atom. The Labute approximate surface area is 141 Å². The lowest BCUT2D eigenvalue weighted by Gasteiger charge is -2.14. The summed E-state index contributed by atoms with van der Waals surface area (Å²) >= 11 is 12.5. The molecule has 2 aromatic rings. The molecule has 1 unspecified atom stereocenters. The molecule has 112 valence electrons. The number of fused-ring (bicyclic) bond motifs is 1. The van der Waals surface area contributed by atoms with Crippen molar-refractivity contribution < 1.29 is 18.7 Å². The molecule has 0 amide bonds. The number of carbonyl (C=O) groups excluding carboxylic acids is 1. The number of aromatic nitrogens is 1. The Balaban J connectivity index is 2.48. The lowest BCUT2D eigenvalue weighted by atomic mass is 10.2. The smallest absolute Gasteiger partial charge is 0.381 e. The molecule has 0 bridgehead atoms. The van der Waals surface area contributed by atoms with Gasteiger partial charge in [-0.25, -0.2) is 9.78 Å². The minimum atomic E-state index is -2.24. The summed E-state index contributed by atoms with van der Waals surface area (Å²) < 4.78 is 24.6. The fourth-order valence-electron chi connectivity index (χ4n) is 1.64. The van der Waals surface area contributed by atoms with Crippen molar-refractivity contribution in [3.05, 3.63) is 32.3 Å². The molecule has 0 spiro atoms. The average Bonchev–Trinajstić information content (AvgIpc) is 2.43. The summed E-state index contributed by atoms with van der Waals surface area (Å²) in [6.45, 7) is 1.64. The third kappa shape index (κ3) is 3.64. The van der Waals surface area contributed by atoms with Crippen molar-refractivity contribution in [2.75, 3.05) is 6.61 Å². The zero-order valence-electron chi connectivity index (χ0n) is 10.7.